The molecule has 4 nitrogen and oxygen atoms in total. The van der Waals surface area contributed by atoms with Gasteiger partial charge in [0.2, 0.25) is 5.88 Å². The Hall–Kier alpha value is -3.21. The molecule has 0 fully saturated rings. The molecule has 0 aliphatic rings. The first-order valence-electron chi connectivity index (χ1n) is 9.30. The maximum atomic E-state index is 13.3. The van der Waals surface area contributed by atoms with E-state index in [0.29, 0.717) is 18.9 Å². The Morgan fingerprint density at radius 3 is 2.36 bits per heavy atom. The van der Waals surface area contributed by atoms with Gasteiger partial charge in [-0.1, -0.05) is 42.5 Å². The van der Waals surface area contributed by atoms with Crippen LogP contribution < -0.4 is 4.74 Å². The van der Waals surface area contributed by atoms with E-state index in [9.17, 15) is 9.18 Å². The number of halogens is 1. The number of benzene rings is 2. The number of hydrogen-bond donors (Lipinski definition) is 1. The third kappa shape index (κ3) is 5.64. The zero-order valence-electron chi connectivity index (χ0n) is 15.5. The fraction of sp³-hybridized carbons (Fsp3) is 0.217. The van der Waals surface area contributed by atoms with Crippen molar-refractivity contribution in [1.29, 1.82) is 0 Å². The van der Waals surface area contributed by atoms with Crippen molar-refractivity contribution in [3.05, 3.63) is 72.5 Å². The third-order valence-corrected chi connectivity index (χ3v) is 4.33. The first-order chi connectivity index (χ1) is 13.6. The summed E-state index contributed by atoms with van der Waals surface area (Å²) in [6, 6.07) is 19.9. The molecule has 0 spiro atoms. The fourth-order valence-corrected chi connectivity index (χ4v) is 2.88. The summed E-state index contributed by atoms with van der Waals surface area (Å²) in [6.45, 7) is 0.466. The minimum absolute atomic E-state index is 0.177. The number of nitrogens with zero attached hydrogens (tertiary/aromatic N) is 1. The van der Waals surface area contributed by atoms with Gasteiger partial charge in [0.25, 0.3) is 0 Å². The average Bonchev–Trinajstić information content (AvgIpc) is 2.71. The molecule has 28 heavy (non-hydrogen) atoms. The summed E-state index contributed by atoms with van der Waals surface area (Å²) in [6.07, 6.45) is 2.36. The van der Waals surface area contributed by atoms with Crippen molar-refractivity contribution in [2.24, 2.45) is 0 Å². The second kappa shape index (κ2) is 9.65. The van der Waals surface area contributed by atoms with E-state index in [2.05, 4.69) is 4.98 Å². The summed E-state index contributed by atoms with van der Waals surface area (Å²) in [5.41, 5.74) is 3.53. The number of carbonyl (C=O) groups is 1. The molecule has 5 heteroatoms. The maximum Gasteiger partial charge on any atom is 0.303 e. The van der Waals surface area contributed by atoms with Crippen LogP contribution >= 0.6 is 0 Å². The lowest BCUT2D eigenvalue weighted by atomic mass is 10.0. The van der Waals surface area contributed by atoms with E-state index >= 15 is 0 Å². The third-order valence-electron chi connectivity index (χ3n) is 4.33. The Balaban J connectivity index is 1.77. The highest BCUT2D eigenvalue weighted by Crippen LogP contribution is 2.29. The highest BCUT2D eigenvalue weighted by molar-refractivity contribution is 5.71. The van der Waals surface area contributed by atoms with Gasteiger partial charge in [-0.2, -0.15) is 0 Å². The molecule has 0 aliphatic carbocycles. The molecule has 0 radical (unpaired) electrons. The van der Waals surface area contributed by atoms with Gasteiger partial charge in [0, 0.05) is 18.1 Å². The molecule has 0 saturated carbocycles. The van der Waals surface area contributed by atoms with Gasteiger partial charge in [-0.15, -0.1) is 0 Å². The number of carboxylic acids is 1. The largest absolute Gasteiger partial charge is 0.481 e. The number of unbranched alkanes of at least 4 members (excludes halogenated alkanes) is 2. The van der Waals surface area contributed by atoms with Crippen LogP contribution in [0.15, 0.2) is 66.7 Å². The summed E-state index contributed by atoms with van der Waals surface area (Å²) in [4.78, 5) is 15.2. The Morgan fingerprint density at radius 2 is 1.64 bits per heavy atom. The van der Waals surface area contributed by atoms with E-state index in [1.165, 1.54) is 12.1 Å². The molecule has 0 unspecified atom stereocenters. The van der Waals surface area contributed by atoms with Gasteiger partial charge in [-0.3, -0.25) is 4.79 Å². The molecule has 2 aromatic carbocycles. The van der Waals surface area contributed by atoms with Gasteiger partial charge in [-0.05, 0) is 48.6 Å². The van der Waals surface area contributed by atoms with Crippen LogP contribution in [0.1, 0.15) is 25.7 Å². The Bertz CT molecular complexity index is 911. The predicted molar refractivity (Wildman–Crippen MR) is 107 cm³/mol. The van der Waals surface area contributed by atoms with Crippen LogP contribution in [0, 0.1) is 5.82 Å². The monoisotopic (exact) mass is 379 g/mol. The quantitative estimate of drug-likeness (QED) is 0.493. The van der Waals surface area contributed by atoms with Crippen molar-refractivity contribution in [2.45, 2.75) is 25.7 Å². The fourth-order valence-electron chi connectivity index (χ4n) is 2.88. The maximum absolute atomic E-state index is 13.3. The summed E-state index contributed by atoms with van der Waals surface area (Å²) in [7, 11) is 0. The average molecular weight is 379 g/mol. The first-order valence-corrected chi connectivity index (χ1v) is 9.30. The summed E-state index contributed by atoms with van der Waals surface area (Å²) in [5.74, 6) is -0.556. The van der Waals surface area contributed by atoms with Gasteiger partial charge in [0.1, 0.15) is 5.82 Å². The van der Waals surface area contributed by atoms with Crippen LogP contribution in [-0.2, 0) is 4.79 Å². The van der Waals surface area contributed by atoms with Crippen LogP contribution in [0.3, 0.4) is 0 Å². The minimum Gasteiger partial charge on any atom is -0.481 e. The smallest absolute Gasteiger partial charge is 0.303 e. The topological polar surface area (TPSA) is 59.4 Å². The molecule has 3 aromatic rings. The van der Waals surface area contributed by atoms with Crippen LogP contribution in [0.5, 0.6) is 5.88 Å². The van der Waals surface area contributed by atoms with E-state index in [0.717, 1.165) is 35.2 Å². The summed E-state index contributed by atoms with van der Waals surface area (Å²) >= 11 is 0. The molecule has 144 valence electrons. The molecule has 0 saturated heterocycles. The summed E-state index contributed by atoms with van der Waals surface area (Å²) in [5, 5.41) is 8.68. The van der Waals surface area contributed by atoms with E-state index in [1.807, 2.05) is 42.5 Å². The van der Waals surface area contributed by atoms with E-state index in [1.54, 1.807) is 12.1 Å². The second-order valence-electron chi connectivity index (χ2n) is 6.51. The van der Waals surface area contributed by atoms with Crippen LogP contribution in [-0.4, -0.2) is 22.7 Å². The van der Waals surface area contributed by atoms with Crippen molar-refractivity contribution in [2.75, 3.05) is 6.61 Å². The molecule has 0 atom stereocenters. The molecular formula is C23H22FNO3. The van der Waals surface area contributed by atoms with Crippen molar-refractivity contribution in [3.63, 3.8) is 0 Å². The van der Waals surface area contributed by atoms with Gasteiger partial charge < -0.3 is 9.84 Å². The normalized spacial score (nSPS) is 10.6. The Kier molecular flexibility index (Phi) is 6.73. The predicted octanol–water partition coefficient (Wildman–Crippen LogP) is 5.58. The lowest BCUT2D eigenvalue weighted by Crippen LogP contribution is -2.01. The highest BCUT2D eigenvalue weighted by Gasteiger charge is 2.08. The molecule has 3 rings (SSSR count). The first kappa shape index (κ1) is 19.5. The van der Waals surface area contributed by atoms with Gasteiger partial charge in [0.05, 0.1) is 12.3 Å². The molecule has 0 aliphatic heterocycles. The number of pyridine rings is 1. The lowest BCUT2D eigenvalue weighted by Gasteiger charge is -2.11. The van der Waals surface area contributed by atoms with Crippen molar-refractivity contribution < 1.29 is 19.0 Å². The molecule has 1 heterocycles. The van der Waals surface area contributed by atoms with Crippen molar-refractivity contribution in [3.8, 4) is 28.3 Å². The van der Waals surface area contributed by atoms with Gasteiger partial charge in [0.15, 0.2) is 0 Å². The number of hydrogen-bond acceptors (Lipinski definition) is 3. The number of ether oxygens (including phenoxy) is 1. The van der Waals surface area contributed by atoms with Crippen molar-refractivity contribution in [1.82, 2.24) is 4.98 Å². The molecular weight excluding hydrogens is 357 g/mol. The molecule has 0 amide bonds. The Morgan fingerprint density at radius 1 is 0.893 bits per heavy atom. The zero-order chi connectivity index (χ0) is 19.8. The number of carboxylic acid groups (broad SMARTS) is 1. The van der Waals surface area contributed by atoms with E-state index in [-0.39, 0.29) is 12.2 Å². The SMILES string of the molecule is O=C(O)CCCCCOc1cc(-c2ccc(F)cc2)cc(-c2ccccc2)n1. The molecule has 1 N–H and O–H groups in total. The number of aromatic nitrogens is 1. The van der Waals surface area contributed by atoms with Crippen LogP contribution in [0.4, 0.5) is 4.39 Å². The standard InChI is InChI=1S/C23H22FNO3/c24-20-12-10-17(11-13-20)19-15-21(18-7-3-1-4-8-18)25-22(16-19)28-14-6-2-5-9-23(26)27/h1,3-4,7-8,10-13,15-16H,2,5-6,9,14H2,(H,26,27). The van der Waals surface area contributed by atoms with Crippen LogP contribution in [0.25, 0.3) is 22.4 Å². The van der Waals surface area contributed by atoms with E-state index in [4.69, 9.17) is 9.84 Å². The molecule has 0 bridgehead atoms. The van der Waals surface area contributed by atoms with Gasteiger partial charge in [-0.25, -0.2) is 9.37 Å². The number of aliphatic carboxylic acids is 1. The zero-order valence-corrected chi connectivity index (χ0v) is 15.5. The van der Waals surface area contributed by atoms with E-state index < -0.39 is 5.97 Å². The summed E-state index contributed by atoms with van der Waals surface area (Å²) < 4.78 is 19.1. The van der Waals surface area contributed by atoms with Gasteiger partial charge >= 0.3 is 5.97 Å². The second-order valence-corrected chi connectivity index (χ2v) is 6.51. The highest BCUT2D eigenvalue weighted by atomic mass is 19.1. The minimum atomic E-state index is -0.776. The lowest BCUT2D eigenvalue weighted by molar-refractivity contribution is -0.137. The Labute approximate surface area is 163 Å². The van der Waals surface area contributed by atoms with Crippen LogP contribution in [0.2, 0.25) is 0 Å². The van der Waals surface area contributed by atoms with Crippen molar-refractivity contribution >= 4 is 5.97 Å². The molecule has 1 aromatic heterocycles. The number of rotatable bonds is 9.